The number of rotatable bonds is 14. The molecule has 1 fully saturated rings. The second kappa shape index (κ2) is 23.8. The average molecular weight is 723 g/mol. The average Bonchev–Trinajstić information content (AvgIpc) is 3.04. The first-order chi connectivity index (χ1) is 22.7. The molecule has 0 aromatic carbocycles. The Morgan fingerprint density at radius 2 is 1.65 bits per heavy atom. The number of aliphatic hydroxyl groups is 5. The summed E-state index contributed by atoms with van der Waals surface area (Å²) in [4.78, 5) is 76.6. The predicted octanol–water partition coefficient (Wildman–Crippen LogP) is -2.39. The van der Waals surface area contributed by atoms with Crippen molar-refractivity contribution in [3.63, 3.8) is 0 Å². The van der Waals surface area contributed by atoms with Gasteiger partial charge in [0, 0.05) is 17.2 Å². The van der Waals surface area contributed by atoms with Crippen molar-refractivity contribution in [1.82, 2.24) is 10.6 Å². The number of nitrogens with one attached hydrogen (secondary N) is 2. The number of nitrogens with two attached hydrogens (primary N) is 1. The van der Waals surface area contributed by atoms with Crippen molar-refractivity contribution in [3.05, 3.63) is 27.7 Å². The molecule has 3 amide bonds. The minimum atomic E-state index is -1.82. The molecule has 1 aliphatic rings. The van der Waals surface area contributed by atoms with E-state index in [2.05, 4.69) is 33.0 Å². The van der Waals surface area contributed by atoms with E-state index in [1.165, 1.54) is 25.6 Å². The highest BCUT2D eigenvalue weighted by Gasteiger charge is 2.48. The Labute approximate surface area is 284 Å². The number of hydrogen-bond acceptors (Lipinski definition) is 16. The number of terminal acetylenes is 1. The molecule has 1 aliphatic heterocycles. The van der Waals surface area contributed by atoms with Gasteiger partial charge >= 0.3 is 23.8 Å². The standard InChI is InChI=1S/C11H18N4O6.C10H14O8.C7H10O2S/c1-2-7(11(20)13-5-9(17)18)14-8(16)4-3-6(12)10(19)15-21;1-3(2)9(16)18-10-6(13)4(11)5(12)7(17-10)8(14)15;1-4-6(9)7(10-3)5(2)8/h6-7H,2-5,12H2,1H3,(H,13,20)(H,14,16)(H,17,18);4-7,10-13H,1H2,2H3,(H,14,15);1,6,8-9H,2-3H3/b;;7-5-/t;4-,5-,6+,7?,10?;/m.0./s1. The minimum absolute atomic E-state index is 0.0123. The summed E-state index contributed by atoms with van der Waals surface area (Å²) in [6.45, 7) is 7.22. The number of amides is 3. The maximum atomic E-state index is 11.6. The molecule has 5 unspecified atom stereocenters. The summed E-state index contributed by atoms with van der Waals surface area (Å²) in [5.74, 6) is -3.67. The molecule has 0 saturated carbocycles. The Hall–Kier alpha value is -4.43. The van der Waals surface area contributed by atoms with Gasteiger partial charge in [0.1, 0.15) is 42.8 Å². The zero-order valence-electron chi connectivity index (χ0n) is 27.0. The summed E-state index contributed by atoms with van der Waals surface area (Å²) in [6.07, 6.45) is -3.14. The molecule has 276 valence electrons. The maximum absolute atomic E-state index is 11.6. The monoisotopic (exact) mass is 722 g/mol. The minimum Gasteiger partial charge on any atom is -0.512 e. The zero-order chi connectivity index (χ0) is 38.6. The van der Waals surface area contributed by atoms with Crippen LogP contribution in [0, 0.1) is 17.3 Å². The van der Waals surface area contributed by atoms with Crippen molar-refractivity contribution < 1.29 is 74.0 Å². The maximum Gasteiger partial charge on any atom is 0.335 e. The van der Waals surface area contributed by atoms with Crippen LogP contribution in [0.4, 0.5) is 0 Å². The molecule has 1 saturated heterocycles. The number of aliphatic carboxylic acids is 2. The van der Waals surface area contributed by atoms with Crippen LogP contribution in [0.3, 0.4) is 0 Å². The molecule has 1 rings (SSSR count). The Morgan fingerprint density at radius 1 is 1.08 bits per heavy atom. The Balaban J connectivity index is 0. The third-order valence-corrected chi connectivity index (χ3v) is 6.89. The third-order valence-electron chi connectivity index (χ3n) is 5.93. The van der Waals surface area contributed by atoms with E-state index in [1.54, 1.807) is 13.2 Å². The number of ether oxygens (including phenoxy) is 2. The third kappa shape index (κ3) is 17.5. The number of carboxylic acid groups (broad SMARTS) is 2. The Morgan fingerprint density at radius 3 is 2.04 bits per heavy atom. The van der Waals surface area contributed by atoms with Gasteiger partial charge < -0.3 is 61.6 Å². The van der Waals surface area contributed by atoms with E-state index < -0.39 is 91.1 Å². The number of esters is 1. The molecular weight excluding hydrogens is 680 g/mol. The van der Waals surface area contributed by atoms with Crippen LogP contribution in [0.25, 0.3) is 0 Å². The van der Waals surface area contributed by atoms with Crippen LogP contribution in [-0.4, -0.2) is 133 Å². The Kier molecular flexibility index (Phi) is 22.7. The normalized spacial score (nSPS) is 21.8. The first-order valence-electron chi connectivity index (χ1n) is 14.0. The molecule has 0 spiro atoms. The van der Waals surface area contributed by atoms with Gasteiger partial charge in [0.05, 0.1) is 10.9 Å². The lowest BCUT2D eigenvalue weighted by atomic mass is 9.99. The van der Waals surface area contributed by atoms with Crippen molar-refractivity contribution >= 4 is 47.4 Å². The highest BCUT2D eigenvalue weighted by molar-refractivity contribution is 8.02. The van der Waals surface area contributed by atoms with Gasteiger partial charge in [-0.3, -0.25) is 19.2 Å². The molecule has 8 atom stereocenters. The molecule has 11 N–H and O–H groups in total. The summed E-state index contributed by atoms with van der Waals surface area (Å²) in [6, 6.07) is -2.04. The van der Waals surface area contributed by atoms with E-state index in [4.69, 9.17) is 37.3 Å². The number of thioether (sulfide) groups is 1. The summed E-state index contributed by atoms with van der Waals surface area (Å²) in [5, 5.41) is 70.1. The molecule has 49 heavy (non-hydrogen) atoms. The predicted molar refractivity (Wildman–Crippen MR) is 170 cm³/mol. The molecule has 1 heterocycles. The van der Waals surface area contributed by atoms with E-state index in [9.17, 15) is 49.0 Å². The van der Waals surface area contributed by atoms with Gasteiger partial charge in [-0.1, -0.05) is 19.4 Å². The molecule has 0 aliphatic carbocycles. The summed E-state index contributed by atoms with van der Waals surface area (Å²) < 4.78 is 9.34. The fourth-order valence-electron chi connectivity index (χ4n) is 3.27. The number of carboxylic acids is 2. The number of nitrogens with zero attached hydrogens (tertiary/aromatic N) is 1. The smallest absolute Gasteiger partial charge is 0.335 e. The van der Waals surface area contributed by atoms with Crippen LogP contribution in [0.5, 0.6) is 0 Å². The van der Waals surface area contributed by atoms with Crippen LogP contribution in [0.2, 0.25) is 0 Å². The van der Waals surface area contributed by atoms with Crippen LogP contribution in [0.1, 0.15) is 40.0 Å². The molecule has 0 bridgehead atoms. The highest BCUT2D eigenvalue weighted by Crippen LogP contribution is 2.23. The van der Waals surface area contributed by atoms with Crippen LogP contribution >= 0.6 is 11.8 Å². The molecule has 0 aromatic heterocycles. The van der Waals surface area contributed by atoms with Crippen LogP contribution in [0.15, 0.2) is 28.0 Å². The number of nitroso groups, excluding NO2 is 1. The second-order valence-corrected chi connectivity index (χ2v) is 10.7. The van der Waals surface area contributed by atoms with Gasteiger partial charge in [0.15, 0.2) is 6.10 Å². The molecule has 0 aromatic rings. The van der Waals surface area contributed by atoms with E-state index >= 15 is 0 Å². The van der Waals surface area contributed by atoms with Gasteiger partial charge in [0.2, 0.25) is 18.1 Å². The van der Waals surface area contributed by atoms with Gasteiger partial charge in [-0.15, -0.1) is 23.1 Å². The van der Waals surface area contributed by atoms with Crippen molar-refractivity contribution in [2.24, 2.45) is 10.9 Å². The van der Waals surface area contributed by atoms with Crippen LogP contribution < -0.4 is 16.4 Å². The lowest BCUT2D eigenvalue weighted by molar-refractivity contribution is -0.285. The van der Waals surface area contributed by atoms with Gasteiger partial charge in [-0.25, -0.2) is 9.59 Å². The Bertz CT molecular complexity index is 1270. The lowest BCUT2D eigenvalue weighted by Gasteiger charge is -2.37. The van der Waals surface area contributed by atoms with Crippen molar-refractivity contribution in [3.8, 4) is 12.3 Å². The molecule has 20 nitrogen and oxygen atoms in total. The van der Waals surface area contributed by atoms with Crippen molar-refractivity contribution in [2.45, 2.75) is 88.9 Å². The number of hydrogen-bond donors (Lipinski definition) is 10. The number of carbonyl (C=O) groups excluding carboxylic acids is 4. The first kappa shape index (κ1) is 46.7. The van der Waals surface area contributed by atoms with Crippen molar-refractivity contribution in [1.29, 1.82) is 0 Å². The number of carbonyl (C=O) groups is 6. The fraction of sp³-hybridized carbons (Fsp3) is 0.571. The summed E-state index contributed by atoms with van der Waals surface area (Å²) >= 11 is 1.25. The van der Waals surface area contributed by atoms with E-state index in [0.717, 1.165) is 0 Å². The van der Waals surface area contributed by atoms with E-state index in [1.807, 2.05) is 0 Å². The topological polar surface area (TPSA) is 342 Å². The molecular formula is C28H42N4O16S. The largest absolute Gasteiger partial charge is 0.512 e. The highest BCUT2D eigenvalue weighted by atomic mass is 32.2. The van der Waals surface area contributed by atoms with E-state index in [-0.39, 0.29) is 30.6 Å². The second-order valence-electron chi connectivity index (χ2n) is 9.86. The van der Waals surface area contributed by atoms with Gasteiger partial charge in [-0.05, 0) is 32.9 Å². The van der Waals surface area contributed by atoms with Crippen LogP contribution in [-0.2, 0) is 38.2 Å². The quantitative estimate of drug-likeness (QED) is 0.0294. The number of aliphatic hydroxyl groups excluding tert-OH is 5. The van der Waals surface area contributed by atoms with Gasteiger partial charge in [-0.2, -0.15) is 0 Å². The van der Waals surface area contributed by atoms with Gasteiger partial charge in [0.25, 0.3) is 0 Å². The number of allylic oxidation sites excluding steroid dienone is 1. The summed E-state index contributed by atoms with van der Waals surface area (Å²) in [5.41, 5.74) is 5.32. The lowest BCUT2D eigenvalue weighted by Crippen LogP contribution is -2.60. The van der Waals surface area contributed by atoms with Crippen molar-refractivity contribution in [2.75, 3.05) is 12.8 Å². The first-order valence-corrected chi connectivity index (χ1v) is 15.2. The summed E-state index contributed by atoms with van der Waals surface area (Å²) in [7, 11) is 0. The molecule has 21 heteroatoms. The fourth-order valence-corrected chi connectivity index (χ4v) is 3.86. The SMILES string of the molecule is C#CC(O)/C(SC)=C(\C)O.C=C(C)C(=O)OC1OC(C(=O)O)[C@@H](O)[C@H](O)[C@H]1O.CCC(NC(=O)CCC(N)C(=O)N=O)C(=O)NCC(=O)O. The molecule has 0 radical (unpaired) electrons. The van der Waals surface area contributed by atoms with E-state index in [0.29, 0.717) is 4.91 Å². The zero-order valence-corrected chi connectivity index (χ0v) is 27.8.